The van der Waals surface area contributed by atoms with Crippen LogP contribution in [0.5, 0.6) is 0 Å². The van der Waals surface area contributed by atoms with Gasteiger partial charge in [-0.05, 0) is 51.6 Å². The van der Waals surface area contributed by atoms with E-state index in [1.54, 1.807) is 0 Å². The van der Waals surface area contributed by atoms with Crippen molar-refractivity contribution in [1.29, 1.82) is 0 Å². The maximum atomic E-state index is 13.2. The van der Waals surface area contributed by atoms with Gasteiger partial charge in [0.05, 0.1) is 19.2 Å². The predicted octanol–water partition coefficient (Wildman–Crippen LogP) is -4.81. The molecule has 17 nitrogen and oxygen atoms in total. The lowest BCUT2D eigenvalue weighted by Gasteiger charge is -2.27. The number of nitrogens with one attached hydrogen (secondary N) is 7. The highest BCUT2D eigenvalue weighted by molar-refractivity contribution is 5.96. The number of carbonyl (C=O) groups excluding carboxylic acids is 7. The van der Waals surface area contributed by atoms with Crippen LogP contribution in [0.4, 0.5) is 0 Å². The maximum Gasteiger partial charge on any atom is 0.245 e. The van der Waals surface area contributed by atoms with Gasteiger partial charge in [0.1, 0.15) is 24.2 Å². The highest BCUT2D eigenvalue weighted by Gasteiger charge is 2.32. The van der Waals surface area contributed by atoms with Crippen molar-refractivity contribution < 1.29 is 38.7 Å². The molecule has 5 atom stereocenters. The zero-order chi connectivity index (χ0) is 32.5. The summed E-state index contributed by atoms with van der Waals surface area (Å²) in [5.74, 6) is -4.76. The van der Waals surface area contributed by atoms with Gasteiger partial charge in [-0.1, -0.05) is 13.8 Å². The molecule has 0 saturated carbocycles. The fourth-order valence-corrected chi connectivity index (χ4v) is 4.10. The summed E-state index contributed by atoms with van der Waals surface area (Å²) >= 11 is 0. The fraction of sp³-hybridized carbons (Fsp3) is 0.731. The smallest absolute Gasteiger partial charge is 0.245 e. The van der Waals surface area contributed by atoms with Gasteiger partial charge < -0.3 is 53.8 Å². The van der Waals surface area contributed by atoms with E-state index in [1.807, 2.05) is 13.8 Å². The maximum absolute atomic E-state index is 13.2. The minimum Gasteiger partial charge on any atom is -0.391 e. The van der Waals surface area contributed by atoms with E-state index >= 15 is 0 Å². The number of hydrogen-bond donors (Lipinski definition) is 10. The molecule has 1 unspecified atom stereocenters. The molecule has 1 aliphatic rings. The largest absolute Gasteiger partial charge is 0.391 e. The van der Waals surface area contributed by atoms with Crippen LogP contribution in [-0.4, -0.2) is 109 Å². The second-order valence-corrected chi connectivity index (χ2v) is 10.7. The molecule has 0 aromatic heterocycles. The van der Waals surface area contributed by atoms with E-state index in [-0.39, 0.29) is 57.7 Å². The van der Waals surface area contributed by atoms with Gasteiger partial charge in [-0.15, -0.1) is 0 Å². The predicted molar refractivity (Wildman–Crippen MR) is 154 cm³/mol. The summed E-state index contributed by atoms with van der Waals surface area (Å²) < 4.78 is 0. The molecule has 7 amide bonds. The van der Waals surface area contributed by atoms with Crippen LogP contribution in [0.15, 0.2) is 0 Å². The van der Waals surface area contributed by atoms with Gasteiger partial charge in [-0.3, -0.25) is 33.6 Å². The molecule has 12 N–H and O–H groups in total. The highest BCUT2D eigenvalue weighted by Crippen LogP contribution is 2.07. The zero-order valence-electron chi connectivity index (χ0n) is 25.0. The van der Waals surface area contributed by atoms with Crippen LogP contribution in [0.25, 0.3) is 0 Å². The van der Waals surface area contributed by atoms with Crippen LogP contribution in [0.1, 0.15) is 52.9 Å². The molecule has 1 fully saturated rings. The summed E-state index contributed by atoms with van der Waals surface area (Å²) in [5.41, 5.74) is 11.3. The molecule has 244 valence electrons. The number of aliphatic hydroxyl groups excluding tert-OH is 1. The highest BCUT2D eigenvalue weighted by atomic mass is 16.3. The second-order valence-electron chi connectivity index (χ2n) is 10.7. The Balaban J connectivity index is 3.27. The molecule has 0 aromatic rings. The van der Waals surface area contributed by atoms with Crippen molar-refractivity contribution in [2.75, 3.05) is 32.7 Å². The molecular formula is C26H47N9O8. The van der Waals surface area contributed by atoms with Crippen LogP contribution in [0.2, 0.25) is 0 Å². The van der Waals surface area contributed by atoms with Crippen LogP contribution in [-0.2, 0) is 33.6 Å². The Bertz CT molecular complexity index is 992. The summed E-state index contributed by atoms with van der Waals surface area (Å²) in [6.45, 7) is 4.10. The lowest BCUT2D eigenvalue weighted by atomic mass is 10.0. The second kappa shape index (κ2) is 19.4. The first-order valence-corrected chi connectivity index (χ1v) is 14.4. The Morgan fingerprint density at radius 2 is 1.19 bits per heavy atom. The summed E-state index contributed by atoms with van der Waals surface area (Å²) in [4.78, 5) is 88.9. The van der Waals surface area contributed by atoms with Crippen molar-refractivity contribution in [3.05, 3.63) is 0 Å². The molecule has 1 saturated heterocycles. The van der Waals surface area contributed by atoms with Crippen molar-refractivity contribution in [2.24, 2.45) is 17.4 Å². The lowest BCUT2D eigenvalue weighted by molar-refractivity contribution is -0.135. The molecule has 1 aliphatic heterocycles. The number of aliphatic hydroxyl groups is 1. The molecule has 0 aliphatic carbocycles. The summed E-state index contributed by atoms with van der Waals surface area (Å²) in [6.07, 6.45) is -0.986. The Kier molecular flexibility index (Phi) is 16.8. The molecule has 0 bridgehead atoms. The fourth-order valence-electron chi connectivity index (χ4n) is 4.10. The topological polar surface area (TPSA) is 276 Å². The van der Waals surface area contributed by atoms with E-state index in [2.05, 4.69) is 37.2 Å². The SMILES string of the molecule is CC(C)C[C@@H]1NC(=O)CNC(=O)CNC(=O)CCCNC(=O)C([C@@H](C)O)NC(=O)[C@H](CCN)NC(=O)[C@H](CCN)NC1=O. The first kappa shape index (κ1) is 37.2. The minimum absolute atomic E-state index is 0.000166. The molecule has 0 aromatic carbocycles. The van der Waals surface area contributed by atoms with Crippen molar-refractivity contribution in [2.45, 2.75) is 83.1 Å². The normalized spacial score (nSPS) is 25.3. The summed E-state index contributed by atoms with van der Waals surface area (Å²) in [6, 6.07) is -4.85. The van der Waals surface area contributed by atoms with Gasteiger partial charge in [0, 0.05) is 13.0 Å². The van der Waals surface area contributed by atoms with Gasteiger partial charge in [-0.2, -0.15) is 0 Å². The first-order chi connectivity index (χ1) is 20.3. The van der Waals surface area contributed by atoms with Gasteiger partial charge in [0.2, 0.25) is 41.4 Å². The van der Waals surface area contributed by atoms with Crippen molar-refractivity contribution in [1.82, 2.24) is 37.2 Å². The van der Waals surface area contributed by atoms with E-state index in [0.29, 0.717) is 0 Å². The number of amides is 7. The van der Waals surface area contributed by atoms with Crippen LogP contribution in [0.3, 0.4) is 0 Å². The molecule has 0 spiro atoms. The van der Waals surface area contributed by atoms with Gasteiger partial charge in [0.15, 0.2) is 0 Å². The quantitative estimate of drug-likeness (QED) is 0.131. The minimum atomic E-state index is -1.39. The third-order valence-electron chi connectivity index (χ3n) is 6.37. The van der Waals surface area contributed by atoms with Crippen molar-refractivity contribution >= 4 is 41.4 Å². The summed E-state index contributed by atoms with van der Waals surface area (Å²) in [5, 5.41) is 27.5. The molecular weight excluding hydrogens is 566 g/mol. The standard InChI is InChI=1S/C26H47N9O8/c1-14(2)11-18-25(42)34-16(6-8-27)23(40)33-17(7-9-28)24(41)35-22(15(3)36)26(43)29-10-4-5-19(37)30-12-20(38)31-13-21(39)32-18/h14-18,22,36H,4-13,27-28H2,1-3H3,(H,29,43)(H,30,37)(H,31,38)(H,32,39)(H,33,40)(H,34,42)(H,35,41)/t15-,16+,17+,18+,22?/m1/s1. The molecule has 1 rings (SSSR count). The third-order valence-corrected chi connectivity index (χ3v) is 6.37. The van der Waals surface area contributed by atoms with Gasteiger partial charge in [-0.25, -0.2) is 0 Å². The van der Waals surface area contributed by atoms with Crippen LogP contribution < -0.4 is 48.7 Å². The molecule has 1 heterocycles. The Labute approximate surface area is 250 Å². The lowest BCUT2D eigenvalue weighted by Crippen LogP contribution is -2.60. The monoisotopic (exact) mass is 613 g/mol. The first-order valence-electron chi connectivity index (χ1n) is 14.4. The van der Waals surface area contributed by atoms with E-state index in [1.165, 1.54) is 6.92 Å². The number of hydrogen-bond acceptors (Lipinski definition) is 10. The van der Waals surface area contributed by atoms with Crippen molar-refractivity contribution in [3.8, 4) is 0 Å². The molecule has 17 heteroatoms. The molecule has 0 radical (unpaired) electrons. The van der Waals surface area contributed by atoms with Gasteiger partial charge >= 0.3 is 0 Å². The van der Waals surface area contributed by atoms with E-state index in [0.717, 1.165) is 0 Å². The average Bonchev–Trinajstić information content (AvgIpc) is 2.93. The van der Waals surface area contributed by atoms with E-state index in [4.69, 9.17) is 11.5 Å². The number of nitrogens with two attached hydrogens (primary N) is 2. The summed E-state index contributed by atoms with van der Waals surface area (Å²) in [7, 11) is 0. The molecule has 43 heavy (non-hydrogen) atoms. The van der Waals surface area contributed by atoms with Crippen molar-refractivity contribution in [3.63, 3.8) is 0 Å². The number of rotatable bonds is 7. The Morgan fingerprint density at radius 1 is 0.674 bits per heavy atom. The number of carbonyl (C=O) groups is 7. The Hall–Kier alpha value is -3.83. The van der Waals surface area contributed by atoms with E-state index in [9.17, 15) is 38.7 Å². The zero-order valence-corrected chi connectivity index (χ0v) is 25.0. The van der Waals surface area contributed by atoms with Gasteiger partial charge in [0.25, 0.3) is 0 Å². The Morgan fingerprint density at radius 3 is 1.72 bits per heavy atom. The van der Waals surface area contributed by atoms with E-state index < -0.39 is 84.7 Å². The van der Waals surface area contributed by atoms with Crippen LogP contribution >= 0.6 is 0 Å². The average molecular weight is 614 g/mol. The van der Waals surface area contributed by atoms with Crippen LogP contribution in [0, 0.1) is 5.92 Å². The third kappa shape index (κ3) is 14.3.